The highest BCUT2D eigenvalue weighted by molar-refractivity contribution is 7.07. The minimum absolute atomic E-state index is 0.319. The molecule has 3 heteroatoms. The van der Waals surface area contributed by atoms with Crippen LogP contribution >= 0.6 is 11.3 Å². The summed E-state index contributed by atoms with van der Waals surface area (Å²) >= 11 is 1.70. The second kappa shape index (κ2) is 4.74. The van der Waals surface area contributed by atoms with E-state index in [0.717, 1.165) is 19.3 Å². The van der Waals surface area contributed by atoms with Crippen molar-refractivity contribution in [2.75, 3.05) is 0 Å². The third-order valence-electron chi connectivity index (χ3n) is 4.59. The topological polar surface area (TPSA) is 20.3 Å². The zero-order chi connectivity index (χ0) is 13.5. The van der Waals surface area contributed by atoms with Crippen molar-refractivity contribution in [3.05, 3.63) is 57.8 Å². The van der Waals surface area contributed by atoms with Gasteiger partial charge in [0, 0.05) is 6.42 Å². The normalized spacial score (nSPS) is 23.1. The van der Waals surface area contributed by atoms with E-state index >= 15 is 0 Å². The smallest absolute Gasteiger partial charge is 0.223 e. The first-order valence-electron chi connectivity index (χ1n) is 7.25. The number of hydrogen-bond acceptors (Lipinski definition) is 2. The molecule has 20 heavy (non-hydrogen) atoms. The minimum Gasteiger partial charge on any atom is -0.329 e. The van der Waals surface area contributed by atoms with Gasteiger partial charge in [0.05, 0.1) is 12.1 Å². The molecule has 2 atom stereocenters. The first-order chi connectivity index (χ1) is 9.84. The number of fused-ring (bicyclic) bond motifs is 5. The fourth-order valence-corrected chi connectivity index (χ4v) is 4.41. The summed E-state index contributed by atoms with van der Waals surface area (Å²) in [4.78, 5) is 14.7. The maximum absolute atomic E-state index is 12.6. The standard InChI is InChI=1S/C17H17NOS/c19-17(8-5-12-9-10-20-11-12)18-15-6-7-16(18)14-4-2-1-3-13(14)15/h1-4,9-11,15-16H,5-8H2/t15-,16-/m0/s1. The van der Waals surface area contributed by atoms with Gasteiger partial charge in [-0.3, -0.25) is 4.79 Å². The molecule has 4 rings (SSSR count). The van der Waals surface area contributed by atoms with Gasteiger partial charge >= 0.3 is 0 Å². The molecule has 1 fully saturated rings. The van der Waals surface area contributed by atoms with Crippen molar-refractivity contribution in [2.45, 2.75) is 37.8 Å². The monoisotopic (exact) mass is 283 g/mol. The molecule has 0 aliphatic carbocycles. The van der Waals surface area contributed by atoms with Crippen molar-refractivity contribution >= 4 is 17.2 Å². The molecule has 1 saturated heterocycles. The van der Waals surface area contributed by atoms with Crippen molar-refractivity contribution in [2.24, 2.45) is 0 Å². The fraction of sp³-hybridized carbons (Fsp3) is 0.353. The Balaban J connectivity index is 1.52. The van der Waals surface area contributed by atoms with Gasteiger partial charge in [-0.1, -0.05) is 24.3 Å². The molecule has 2 nitrogen and oxygen atoms in total. The summed E-state index contributed by atoms with van der Waals surface area (Å²) in [7, 11) is 0. The van der Waals surface area contributed by atoms with Crippen molar-refractivity contribution in [1.82, 2.24) is 4.90 Å². The van der Waals surface area contributed by atoms with E-state index < -0.39 is 0 Å². The number of rotatable bonds is 3. The first kappa shape index (κ1) is 12.2. The molecule has 102 valence electrons. The third-order valence-corrected chi connectivity index (χ3v) is 5.33. The average Bonchev–Trinajstić information content (AvgIpc) is 3.20. The van der Waals surface area contributed by atoms with Crippen molar-refractivity contribution < 1.29 is 4.79 Å². The average molecular weight is 283 g/mol. The summed E-state index contributed by atoms with van der Waals surface area (Å²) < 4.78 is 0. The van der Waals surface area contributed by atoms with E-state index in [4.69, 9.17) is 0 Å². The summed E-state index contributed by atoms with van der Waals surface area (Å²) in [6.45, 7) is 0. The molecule has 2 aliphatic rings. The van der Waals surface area contributed by atoms with E-state index in [1.54, 1.807) is 11.3 Å². The van der Waals surface area contributed by atoms with Crippen molar-refractivity contribution in [1.29, 1.82) is 0 Å². The van der Waals surface area contributed by atoms with Gasteiger partial charge < -0.3 is 4.90 Å². The maximum atomic E-state index is 12.6. The van der Waals surface area contributed by atoms with Gasteiger partial charge in [-0.25, -0.2) is 0 Å². The lowest BCUT2D eigenvalue weighted by atomic mass is 9.92. The highest BCUT2D eigenvalue weighted by Crippen LogP contribution is 2.53. The molecule has 0 N–H and O–H groups in total. The Labute approximate surface area is 123 Å². The Morgan fingerprint density at radius 2 is 1.85 bits per heavy atom. The Morgan fingerprint density at radius 1 is 1.15 bits per heavy atom. The molecule has 2 bridgehead atoms. The van der Waals surface area contributed by atoms with Crippen LogP contribution < -0.4 is 0 Å². The van der Waals surface area contributed by atoms with Crippen LogP contribution in [0.3, 0.4) is 0 Å². The molecule has 2 aromatic rings. The molecular formula is C17H17NOS. The number of hydrogen-bond donors (Lipinski definition) is 0. The van der Waals surface area contributed by atoms with E-state index in [2.05, 4.69) is 46.0 Å². The highest BCUT2D eigenvalue weighted by atomic mass is 32.1. The van der Waals surface area contributed by atoms with Crippen LogP contribution in [0, 0.1) is 0 Å². The van der Waals surface area contributed by atoms with Crippen molar-refractivity contribution in [3.8, 4) is 0 Å². The van der Waals surface area contributed by atoms with Crippen LogP contribution in [0.5, 0.6) is 0 Å². The molecule has 1 amide bonds. The van der Waals surface area contributed by atoms with Gasteiger partial charge in [0.2, 0.25) is 5.91 Å². The molecule has 0 saturated carbocycles. The molecule has 0 spiro atoms. The Kier molecular flexibility index (Phi) is 2.88. The molecule has 2 aliphatic heterocycles. The van der Waals surface area contributed by atoms with E-state index in [9.17, 15) is 4.79 Å². The van der Waals surface area contributed by atoms with E-state index in [0.29, 0.717) is 24.4 Å². The van der Waals surface area contributed by atoms with E-state index in [1.165, 1.54) is 16.7 Å². The lowest BCUT2D eigenvalue weighted by Gasteiger charge is -2.22. The minimum atomic E-state index is 0.319. The molecular weight excluding hydrogens is 266 g/mol. The zero-order valence-corrected chi connectivity index (χ0v) is 12.1. The van der Waals surface area contributed by atoms with Gasteiger partial charge in [-0.05, 0) is 52.8 Å². The van der Waals surface area contributed by atoms with Gasteiger partial charge in [0.1, 0.15) is 0 Å². The van der Waals surface area contributed by atoms with Crippen LogP contribution in [0.2, 0.25) is 0 Å². The molecule has 1 aromatic heterocycles. The number of nitrogens with zero attached hydrogens (tertiary/aromatic N) is 1. The van der Waals surface area contributed by atoms with Crippen LogP contribution in [-0.2, 0) is 11.2 Å². The quantitative estimate of drug-likeness (QED) is 0.830. The van der Waals surface area contributed by atoms with Gasteiger partial charge in [-0.15, -0.1) is 0 Å². The third kappa shape index (κ3) is 1.80. The predicted octanol–water partition coefficient (Wildman–Crippen LogP) is 4.10. The largest absolute Gasteiger partial charge is 0.329 e. The lowest BCUT2D eigenvalue weighted by molar-refractivity contribution is -0.133. The van der Waals surface area contributed by atoms with Gasteiger partial charge in [-0.2, -0.15) is 11.3 Å². The summed E-state index contributed by atoms with van der Waals surface area (Å²) in [6, 6.07) is 11.4. The fourth-order valence-electron chi connectivity index (χ4n) is 3.70. The number of carbonyl (C=O) groups is 1. The van der Waals surface area contributed by atoms with Crippen LogP contribution in [0.25, 0.3) is 0 Å². The Morgan fingerprint density at radius 3 is 2.45 bits per heavy atom. The summed E-state index contributed by atoms with van der Waals surface area (Å²) in [5.41, 5.74) is 4.05. The number of aryl methyl sites for hydroxylation is 1. The molecule has 0 unspecified atom stereocenters. The summed E-state index contributed by atoms with van der Waals surface area (Å²) in [6.07, 6.45) is 3.77. The Hall–Kier alpha value is -1.61. The second-order valence-corrected chi connectivity index (χ2v) is 6.45. The van der Waals surface area contributed by atoms with Crippen LogP contribution in [0.1, 0.15) is 48.0 Å². The summed E-state index contributed by atoms with van der Waals surface area (Å²) in [5, 5.41) is 4.22. The highest BCUT2D eigenvalue weighted by Gasteiger charge is 2.45. The Bertz CT molecular complexity index is 603. The van der Waals surface area contributed by atoms with Crippen LogP contribution in [-0.4, -0.2) is 10.8 Å². The second-order valence-electron chi connectivity index (χ2n) is 5.67. The van der Waals surface area contributed by atoms with Crippen molar-refractivity contribution in [3.63, 3.8) is 0 Å². The first-order valence-corrected chi connectivity index (χ1v) is 8.20. The maximum Gasteiger partial charge on any atom is 0.223 e. The zero-order valence-electron chi connectivity index (χ0n) is 11.3. The molecule has 3 heterocycles. The van der Waals surface area contributed by atoms with Gasteiger partial charge in [0.25, 0.3) is 0 Å². The number of carbonyl (C=O) groups excluding carboxylic acids is 1. The van der Waals surface area contributed by atoms with E-state index in [1.807, 2.05) is 0 Å². The number of amides is 1. The summed E-state index contributed by atoms with van der Waals surface area (Å²) in [5.74, 6) is 0.319. The number of thiophene rings is 1. The predicted molar refractivity (Wildman–Crippen MR) is 80.6 cm³/mol. The SMILES string of the molecule is O=C(CCc1ccsc1)N1[C@H]2CC[C@H]1c1ccccc12. The number of benzene rings is 1. The molecule has 1 aromatic carbocycles. The van der Waals surface area contributed by atoms with Gasteiger partial charge in [0.15, 0.2) is 0 Å². The van der Waals surface area contributed by atoms with E-state index in [-0.39, 0.29) is 0 Å². The molecule has 0 radical (unpaired) electrons. The lowest BCUT2D eigenvalue weighted by Crippen LogP contribution is -2.28. The van der Waals surface area contributed by atoms with Crippen LogP contribution in [0.4, 0.5) is 0 Å². The van der Waals surface area contributed by atoms with Crippen LogP contribution in [0.15, 0.2) is 41.1 Å².